The third kappa shape index (κ3) is 4.29. The molecule has 5 rings (SSSR count). The Morgan fingerprint density at radius 1 is 0.719 bits per heavy atom. The molecule has 0 N–H and O–H groups in total. The molecule has 4 heteroatoms. The summed E-state index contributed by atoms with van der Waals surface area (Å²) in [5, 5.41) is 8.78. The van der Waals surface area contributed by atoms with Crippen molar-refractivity contribution in [2.24, 2.45) is 5.10 Å². The molecule has 5 aromatic rings. The molecule has 3 nitrogen and oxygen atoms in total. The quantitative estimate of drug-likeness (QED) is 0.199. The van der Waals surface area contributed by atoms with Crippen LogP contribution in [0.4, 0.5) is 11.4 Å². The second kappa shape index (κ2) is 9.13. The largest absolute Gasteiger partial charge is 0.342 e. The zero-order valence-electron chi connectivity index (χ0n) is 17.5. The summed E-state index contributed by atoms with van der Waals surface area (Å²) in [5.74, 6) is 0. The van der Waals surface area contributed by atoms with Crippen molar-refractivity contribution in [3.05, 3.63) is 132 Å². The van der Waals surface area contributed by atoms with Gasteiger partial charge in [0.2, 0.25) is 0 Å². The van der Waals surface area contributed by atoms with E-state index in [9.17, 15) is 0 Å². The van der Waals surface area contributed by atoms with Gasteiger partial charge >= 0.3 is 0 Å². The summed E-state index contributed by atoms with van der Waals surface area (Å²) in [4.78, 5) is 0. The third-order valence-electron chi connectivity index (χ3n) is 5.40. The number of rotatable bonds is 6. The first-order chi connectivity index (χ1) is 15.8. The number of hydrazone groups is 1. The van der Waals surface area contributed by atoms with Gasteiger partial charge in [-0.25, -0.2) is 5.01 Å². The van der Waals surface area contributed by atoms with E-state index in [0.29, 0.717) is 0 Å². The van der Waals surface area contributed by atoms with Gasteiger partial charge in [-0.05, 0) is 48.0 Å². The summed E-state index contributed by atoms with van der Waals surface area (Å²) in [6, 6.07) is 36.8. The lowest BCUT2D eigenvalue weighted by Crippen LogP contribution is -2.09. The minimum absolute atomic E-state index is 0.751. The first kappa shape index (κ1) is 20.1. The van der Waals surface area contributed by atoms with E-state index in [-0.39, 0.29) is 0 Å². The lowest BCUT2D eigenvalue weighted by atomic mass is 10.2. The van der Waals surface area contributed by atoms with Crippen LogP contribution >= 0.6 is 11.6 Å². The Bertz CT molecular complexity index is 1300. The molecule has 0 unspecified atom stereocenters. The fourth-order valence-corrected chi connectivity index (χ4v) is 3.96. The number of hydrogen-bond donors (Lipinski definition) is 0. The second-order valence-electron chi connectivity index (χ2n) is 7.58. The van der Waals surface area contributed by atoms with Crippen molar-refractivity contribution in [1.29, 1.82) is 0 Å². The highest BCUT2D eigenvalue weighted by molar-refractivity contribution is 6.30. The van der Waals surface area contributed by atoms with Gasteiger partial charge in [-0.15, -0.1) is 0 Å². The fourth-order valence-electron chi connectivity index (χ4n) is 3.84. The van der Waals surface area contributed by atoms with Gasteiger partial charge in [-0.1, -0.05) is 78.3 Å². The third-order valence-corrected chi connectivity index (χ3v) is 5.65. The highest BCUT2D eigenvalue weighted by Gasteiger charge is 2.10. The predicted molar refractivity (Wildman–Crippen MR) is 135 cm³/mol. The van der Waals surface area contributed by atoms with E-state index in [2.05, 4.69) is 71.4 Å². The summed E-state index contributed by atoms with van der Waals surface area (Å²) in [6.07, 6.45) is 4.11. The molecule has 1 aromatic heterocycles. The van der Waals surface area contributed by atoms with E-state index in [4.69, 9.17) is 16.7 Å². The predicted octanol–water partition coefficient (Wildman–Crippen LogP) is 7.52. The lowest BCUT2D eigenvalue weighted by molar-refractivity contribution is 0.836. The maximum atomic E-state index is 6.06. The topological polar surface area (TPSA) is 20.5 Å². The van der Waals surface area contributed by atoms with Crippen LogP contribution < -0.4 is 5.01 Å². The van der Waals surface area contributed by atoms with Crippen molar-refractivity contribution >= 4 is 40.1 Å². The summed E-state index contributed by atoms with van der Waals surface area (Å²) in [6.45, 7) is 0.770. The van der Waals surface area contributed by atoms with Crippen LogP contribution in [0.5, 0.6) is 0 Å². The minimum Gasteiger partial charge on any atom is -0.342 e. The molecule has 0 aliphatic carbocycles. The number of halogens is 1. The monoisotopic (exact) mass is 435 g/mol. The van der Waals surface area contributed by atoms with Gasteiger partial charge in [0.1, 0.15) is 0 Å². The van der Waals surface area contributed by atoms with Crippen LogP contribution in [-0.2, 0) is 6.54 Å². The molecule has 0 spiro atoms. The highest BCUT2D eigenvalue weighted by atomic mass is 35.5. The Morgan fingerprint density at radius 3 is 1.97 bits per heavy atom. The smallest absolute Gasteiger partial charge is 0.0652 e. The molecule has 156 valence electrons. The Labute approximate surface area is 192 Å². The normalized spacial score (nSPS) is 11.3. The van der Waals surface area contributed by atoms with Gasteiger partial charge in [-0.2, -0.15) is 5.10 Å². The first-order valence-electron chi connectivity index (χ1n) is 10.5. The highest BCUT2D eigenvalue weighted by Crippen LogP contribution is 2.26. The Balaban J connectivity index is 1.53. The molecule has 0 amide bonds. The fraction of sp³-hybridized carbons (Fsp3) is 0.0357. The Hall–Kier alpha value is -3.82. The van der Waals surface area contributed by atoms with Crippen molar-refractivity contribution in [2.45, 2.75) is 6.54 Å². The molecule has 0 fully saturated rings. The van der Waals surface area contributed by atoms with Gasteiger partial charge < -0.3 is 4.57 Å². The SMILES string of the molecule is Clc1ccc(Cn2cc(/C=N\N(c3ccccc3)c3ccccc3)c3ccccc32)cc1. The number of aromatic nitrogens is 1. The molecular formula is C28H22ClN3. The van der Waals surface area contributed by atoms with Crippen LogP contribution in [0.1, 0.15) is 11.1 Å². The molecule has 0 saturated heterocycles. The van der Waals surface area contributed by atoms with Gasteiger partial charge in [-0.3, -0.25) is 0 Å². The van der Waals surface area contributed by atoms with E-state index in [0.717, 1.165) is 28.5 Å². The average molecular weight is 436 g/mol. The van der Waals surface area contributed by atoms with E-state index in [1.165, 1.54) is 16.5 Å². The number of nitrogens with zero attached hydrogens (tertiary/aromatic N) is 3. The molecule has 0 bridgehead atoms. The van der Waals surface area contributed by atoms with Crippen molar-refractivity contribution in [3.8, 4) is 0 Å². The maximum Gasteiger partial charge on any atom is 0.0652 e. The number of anilines is 2. The van der Waals surface area contributed by atoms with Crippen molar-refractivity contribution in [1.82, 2.24) is 4.57 Å². The molecular weight excluding hydrogens is 414 g/mol. The number of benzene rings is 4. The minimum atomic E-state index is 0.751. The molecule has 0 radical (unpaired) electrons. The van der Waals surface area contributed by atoms with Gasteiger partial charge in [0.15, 0.2) is 0 Å². The molecule has 1 heterocycles. The maximum absolute atomic E-state index is 6.06. The van der Waals surface area contributed by atoms with Crippen LogP contribution in [0.3, 0.4) is 0 Å². The lowest BCUT2D eigenvalue weighted by Gasteiger charge is -2.19. The van der Waals surface area contributed by atoms with Crippen molar-refractivity contribution in [3.63, 3.8) is 0 Å². The van der Waals surface area contributed by atoms with Crippen molar-refractivity contribution in [2.75, 3.05) is 5.01 Å². The number of hydrogen-bond acceptors (Lipinski definition) is 2. The van der Waals surface area contributed by atoms with Crippen LogP contribution in [0.2, 0.25) is 5.02 Å². The Morgan fingerprint density at radius 2 is 1.31 bits per heavy atom. The van der Waals surface area contributed by atoms with Crippen LogP contribution in [0.25, 0.3) is 10.9 Å². The van der Waals surface area contributed by atoms with Crippen LogP contribution in [-0.4, -0.2) is 10.8 Å². The van der Waals surface area contributed by atoms with Crippen LogP contribution in [0.15, 0.2) is 120 Å². The zero-order valence-corrected chi connectivity index (χ0v) is 18.2. The standard InChI is InChI=1S/C28H22ClN3/c29-24-17-15-22(16-18-24)20-31-21-23(27-13-7-8-14-28(27)31)19-30-32(25-9-3-1-4-10-25)26-11-5-2-6-12-26/h1-19,21H,20H2/b30-19-. The number of fused-ring (bicyclic) bond motifs is 1. The molecule has 4 aromatic carbocycles. The number of para-hydroxylation sites is 3. The Kier molecular flexibility index (Phi) is 5.73. The summed E-state index contributed by atoms with van der Waals surface area (Å²) >= 11 is 6.06. The van der Waals surface area contributed by atoms with E-state index in [1.807, 2.05) is 59.8 Å². The van der Waals surface area contributed by atoms with Gasteiger partial charge in [0.05, 0.1) is 17.6 Å². The average Bonchev–Trinajstić information content (AvgIpc) is 3.19. The van der Waals surface area contributed by atoms with Crippen molar-refractivity contribution < 1.29 is 0 Å². The zero-order chi connectivity index (χ0) is 21.8. The first-order valence-corrected chi connectivity index (χ1v) is 10.9. The second-order valence-corrected chi connectivity index (χ2v) is 8.02. The summed E-state index contributed by atoms with van der Waals surface area (Å²) in [5.41, 5.74) is 5.48. The summed E-state index contributed by atoms with van der Waals surface area (Å²) in [7, 11) is 0. The molecule has 0 aliphatic heterocycles. The van der Waals surface area contributed by atoms with Gasteiger partial charge in [0, 0.05) is 34.2 Å². The van der Waals surface area contributed by atoms with Crippen LogP contribution in [0, 0.1) is 0 Å². The van der Waals surface area contributed by atoms with E-state index >= 15 is 0 Å². The summed E-state index contributed by atoms with van der Waals surface area (Å²) < 4.78 is 2.26. The molecule has 0 atom stereocenters. The van der Waals surface area contributed by atoms with Gasteiger partial charge in [0.25, 0.3) is 0 Å². The van der Waals surface area contributed by atoms with E-state index in [1.54, 1.807) is 0 Å². The van der Waals surface area contributed by atoms with E-state index < -0.39 is 0 Å². The molecule has 0 aliphatic rings. The molecule has 0 saturated carbocycles. The molecule has 32 heavy (non-hydrogen) atoms.